The first-order chi connectivity index (χ1) is 8.63. The number of aromatic nitrogens is 2. The Balaban J connectivity index is 1.93. The van der Waals surface area contributed by atoms with E-state index in [4.69, 9.17) is 5.73 Å². The third kappa shape index (κ3) is 2.02. The predicted molar refractivity (Wildman–Crippen MR) is 72.5 cm³/mol. The molecular formula is C14H20N4. The molecule has 18 heavy (non-hydrogen) atoms. The van der Waals surface area contributed by atoms with Crippen molar-refractivity contribution in [3.8, 4) is 0 Å². The van der Waals surface area contributed by atoms with E-state index in [2.05, 4.69) is 41.4 Å². The molecule has 96 valence electrons. The van der Waals surface area contributed by atoms with E-state index in [-0.39, 0.29) is 0 Å². The van der Waals surface area contributed by atoms with Crippen molar-refractivity contribution in [3.63, 3.8) is 0 Å². The Bertz CT molecular complexity index is 560. The number of hydrogen-bond acceptors (Lipinski definition) is 3. The highest BCUT2D eigenvalue weighted by Gasteiger charge is 2.24. The molecule has 0 radical (unpaired) electrons. The summed E-state index contributed by atoms with van der Waals surface area (Å²) in [5.41, 5.74) is 9.61. The maximum Gasteiger partial charge on any atom is 0.0667 e. The van der Waals surface area contributed by atoms with Crippen molar-refractivity contribution < 1.29 is 0 Å². The van der Waals surface area contributed by atoms with E-state index in [1.807, 2.05) is 11.4 Å². The Morgan fingerprint density at radius 1 is 1.33 bits per heavy atom. The molecule has 1 aliphatic rings. The van der Waals surface area contributed by atoms with Crippen molar-refractivity contribution in [1.82, 2.24) is 14.5 Å². The second kappa shape index (κ2) is 4.37. The van der Waals surface area contributed by atoms with Crippen molar-refractivity contribution >= 4 is 5.52 Å². The maximum absolute atomic E-state index is 6.00. The molecule has 3 heterocycles. The predicted octanol–water partition coefficient (Wildman–Crippen LogP) is 1.74. The summed E-state index contributed by atoms with van der Waals surface area (Å²) in [5, 5.41) is 4.41. The van der Waals surface area contributed by atoms with Crippen molar-refractivity contribution in [2.24, 2.45) is 5.73 Å². The molecule has 2 N–H and O–H groups in total. The minimum absolute atomic E-state index is 0.326. The van der Waals surface area contributed by atoms with E-state index in [1.54, 1.807) is 0 Å². The van der Waals surface area contributed by atoms with Crippen LogP contribution in [0, 0.1) is 6.92 Å². The minimum atomic E-state index is 0.326. The zero-order chi connectivity index (χ0) is 12.7. The van der Waals surface area contributed by atoms with Crippen LogP contribution < -0.4 is 5.73 Å². The summed E-state index contributed by atoms with van der Waals surface area (Å²) < 4.78 is 1.94. The van der Waals surface area contributed by atoms with Crippen LogP contribution in [0.2, 0.25) is 0 Å². The average molecular weight is 244 g/mol. The van der Waals surface area contributed by atoms with Gasteiger partial charge in [0.05, 0.1) is 11.2 Å². The Hall–Kier alpha value is -1.39. The number of rotatable bonds is 1. The number of aryl methyl sites for hydroxylation is 1. The summed E-state index contributed by atoms with van der Waals surface area (Å²) in [7, 11) is 2.16. The lowest BCUT2D eigenvalue weighted by Gasteiger charge is -2.36. The van der Waals surface area contributed by atoms with E-state index in [0.29, 0.717) is 12.1 Å². The van der Waals surface area contributed by atoms with Crippen molar-refractivity contribution in [3.05, 3.63) is 35.7 Å². The van der Waals surface area contributed by atoms with Gasteiger partial charge in [0.2, 0.25) is 0 Å². The summed E-state index contributed by atoms with van der Waals surface area (Å²) >= 11 is 0. The molecule has 0 bridgehead atoms. The van der Waals surface area contributed by atoms with Crippen LogP contribution >= 0.6 is 0 Å². The third-order valence-corrected chi connectivity index (χ3v) is 3.86. The van der Waals surface area contributed by atoms with Crippen LogP contribution in [0.4, 0.5) is 0 Å². The molecule has 4 nitrogen and oxygen atoms in total. The van der Waals surface area contributed by atoms with Crippen molar-refractivity contribution in [2.45, 2.75) is 31.8 Å². The Morgan fingerprint density at radius 2 is 2.17 bits per heavy atom. The van der Waals surface area contributed by atoms with Gasteiger partial charge in [0.15, 0.2) is 0 Å². The number of likely N-dealkylation sites (tertiary alicyclic amines) is 1. The molecule has 0 saturated carbocycles. The standard InChI is InChI=1S/C14H20N4/c1-10-7-13-8-11(5-6-18(13)16-10)14-4-3-12(15)9-17(14)2/h5-8,12,14H,3-4,9,15H2,1-2H3. The molecule has 0 aliphatic carbocycles. The average Bonchev–Trinajstić information content (AvgIpc) is 2.68. The third-order valence-electron chi connectivity index (χ3n) is 3.86. The molecule has 4 heteroatoms. The van der Waals surface area contributed by atoms with Gasteiger partial charge in [0, 0.05) is 24.8 Å². The Kier molecular flexibility index (Phi) is 2.84. The quantitative estimate of drug-likeness (QED) is 0.831. The number of fused-ring (bicyclic) bond motifs is 1. The van der Waals surface area contributed by atoms with E-state index in [0.717, 1.165) is 25.1 Å². The highest BCUT2D eigenvalue weighted by Crippen LogP contribution is 2.29. The fourth-order valence-electron chi connectivity index (χ4n) is 2.95. The summed E-state index contributed by atoms with van der Waals surface area (Å²) in [6, 6.07) is 7.37. The molecule has 1 fully saturated rings. The van der Waals surface area contributed by atoms with E-state index in [9.17, 15) is 0 Å². The molecular weight excluding hydrogens is 224 g/mol. The van der Waals surface area contributed by atoms with E-state index >= 15 is 0 Å². The van der Waals surface area contributed by atoms with Crippen LogP contribution in [0.1, 0.15) is 30.1 Å². The van der Waals surface area contributed by atoms with Crippen LogP contribution in [0.15, 0.2) is 24.4 Å². The second-order valence-electron chi connectivity index (χ2n) is 5.41. The lowest BCUT2D eigenvalue weighted by atomic mass is 9.94. The smallest absolute Gasteiger partial charge is 0.0667 e. The number of pyridine rings is 1. The molecule has 2 aromatic heterocycles. The summed E-state index contributed by atoms with van der Waals surface area (Å²) in [4.78, 5) is 2.36. The van der Waals surface area contributed by atoms with Gasteiger partial charge in [-0.3, -0.25) is 4.90 Å². The highest BCUT2D eigenvalue weighted by atomic mass is 15.2. The zero-order valence-electron chi connectivity index (χ0n) is 11.0. The van der Waals surface area contributed by atoms with Gasteiger partial charge in [-0.1, -0.05) is 0 Å². The number of piperidine rings is 1. The molecule has 0 spiro atoms. The highest BCUT2D eigenvalue weighted by molar-refractivity contribution is 5.50. The van der Waals surface area contributed by atoms with Gasteiger partial charge in [-0.15, -0.1) is 0 Å². The second-order valence-corrected chi connectivity index (χ2v) is 5.41. The van der Waals surface area contributed by atoms with Gasteiger partial charge in [-0.25, -0.2) is 4.52 Å². The lowest BCUT2D eigenvalue weighted by Crippen LogP contribution is -2.42. The van der Waals surface area contributed by atoms with Crippen LogP contribution in [0.3, 0.4) is 0 Å². The van der Waals surface area contributed by atoms with Crippen LogP contribution in [0.25, 0.3) is 5.52 Å². The van der Waals surface area contributed by atoms with Crippen LogP contribution in [-0.4, -0.2) is 34.1 Å². The number of nitrogens with two attached hydrogens (primary N) is 1. The number of hydrogen-bond donors (Lipinski definition) is 1. The van der Waals surface area contributed by atoms with Gasteiger partial charge < -0.3 is 5.73 Å². The van der Waals surface area contributed by atoms with Crippen molar-refractivity contribution in [2.75, 3.05) is 13.6 Å². The number of likely N-dealkylation sites (N-methyl/N-ethyl adjacent to an activating group) is 1. The van der Waals surface area contributed by atoms with Crippen LogP contribution in [-0.2, 0) is 0 Å². The molecule has 3 rings (SSSR count). The summed E-state index contributed by atoms with van der Waals surface area (Å²) in [6.07, 6.45) is 4.31. The lowest BCUT2D eigenvalue weighted by molar-refractivity contribution is 0.170. The normalized spacial score (nSPS) is 25.7. The molecule has 2 atom stereocenters. The maximum atomic E-state index is 6.00. The zero-order valence-corrected chi connectivity index (χ0v) is 11.0. The summed E-state index contributed by atoms with van der Waals surface area (Å²) in [6.45, 7) is 3.01. The van der Waals surface area contributed by atoms with Gasteiger partial charge in [0.1, 0.15) is 0 Å². The first kappa shape index (κ1) is 11.7. The van der Waals surface area contributed by atoms with Gasteiger partial charge in [0.25, 0.3) is 0 Å². The SMILES string of the molecule is Cc1cc2cc(C3CCC(N)CN3C)ccn2n1. The largest absolute Gasteiger partial charge is 0.327 e. The van der Waals surface area contributed by atoms with Gasteiger partial charge in [-0.2, -0.15) is 5.10 Å². The molecule has 2 unspecified atom stereocenters. The molecule has 2 aromatic rings. The molecule has 1 saturated heterocycles. The Labute approximate surface area is 107 Å². The number of nitrogens with zero attached hydrogens (tertiary/aromatic N) is 3. The fourth-order valence-corrected chi connectivity index (χ4v) is 2.95. The van der Waals surface area contributed by atoms with E-state index < -0.39 is 0 Å². The van der Waals surface area contributed by atoms with Crippen molar-refractivity contribution in [1.29, 1.82) is 0 Å². The first-order valence-electron chi connectivity index (χ1n) is 6.55. The van der Waals surface area contributed by atoms with Gasteiger partial charge in [-0.05, 0) is 50.6 Å². The monoisotopic (exact) mass is 244 g/mol. The van der Waals surface area contributed by atoms with Gasteiger partial charge >= 0.3 is 0 Å². The first-order valence-corrected chi connectivity index (χ1v) is 6.55. The molecule has 1 aliphatic heterocycles. The Morgan fingerprint density at radius 3 is 2.94 bits per heavy atom. The van der Waals surface area contributed by atoms with E-state index in [1.165, 1.54) is 11.1 Å². The topological polar surface area (TPSA) is 46.6 Å². The summed E-state index contributed by atoms with van der Waals surface area (Å²) in [5.74, 6) is 0. The molecule has 0 aromatic carbocycles. The molecule has 0 amide bonds. The minimum Gasteiger partial charge on any atom is -0.327 e. The van der Waals surface area contributed by atoms with Crippen LogP contribution in [0.5, 0.6) is 0 Å². The fraction of sp³-hybridized carbons (Fsp3) is 0.500.